The molecule has 0 aromatic heterocycles. The summed E-state index contributed by atoms with van der Waals surface area (Å²) in [5, 5.41) is 10.8. The van der Waals surface area contributed by atoms with Crippen LogP contribution in [0.5, 0.6) is 11.5 Å². The summed E-state index contributed by atoms with van der Waals surface area (Å²) in [6.07, 6.45) is 4.10. The zero-order valence-corrected chi connectivity index (χ0v) is 11.8. The van der Waals surface area contributed by atoms with Crippen LogP contribution in [0.25, 0.3) is 0 Å². The van der Waals surface area contributed by atoms with Gasteiger partial charge >= 0.3 is 0 Å². The topological polar surface area (TPSA) is 38.7 Å². The van der Waals surface area contributed by atoms with E-state index in [2.05, 4.69) is 0 Å². The lowest BCUT2D eigenvalue weighted by molar-refractivity contribution is 0.168. The molecule has 2 atom stereocenters. The lowest BCUT2D eigenvalue weighted by atomic mass is 10.0. The maximum absolute atomic E-state index is 10.5. The molecule has 2 heterocycles. The fourth-order valence-corrected chi connectivity index (χ4v) is 3.94. The molecule has 1 aromatic rings. The Morgan fingerprint density at radius 1 is 1.11 bits per heavy atom. The van der Waals surface area contributed by atoms with E-state index < -0.39 is 6.10 Å². The van der Waals surface area contributed by atoms with E-state index >= 15 is 0 Å². The fraction of sp³-hybridized carbons (Fsp3) is 0.600. The first-order valence-electron chi connectivity index (χ1n) is 7.04. The van der Waals surface area contributed by atoms with Crippen LogP contribution in [0.1, 0.15) is 37.4 Å². The van der Waals surface area contributed by atoms with Crippen LogP contribution in [0.3, 0.4) is 0 Å². The number of aliphatic hydroxyl groups is 1. The van der Waals surface area contributed by atoms with Gasteiger partial charge in [-0.15, -0.1) is 0 Å². The molecular weight excluding hydrogens is 260 g/mol. The highest BCUT2D eigenvalue weighted by molar-refractivity contribution is 7.99. The normalized spacial score (nSPS) is 24.6. The third kappa shape index (κ3) is 3.00. The smallest absolute Gasteiger partial charge is 0.161 e. The van der Waals surface area contributed by atoms with Gasteiger partial charge in [0.2, 0.25) is 0 Å². The van der Waals surface area contributed by atoms with Crippen molar-refractivity contribution in [2.45, 2.75) is 37.0 Å². The van der Waals surface area contributed by atoms with E-state index in [0.29, 0.717) is 18.5 Å². The third-order valence-electron chi connectivity index (χ3n) is 3.68. The van der Waals surface area contributed by atoms with Crippen LogP contribution in [0.2, 0.25) is 0 Å². The molecule has 1 N–H and O–H groups in total. The highest BCUT2D eigenvalue weighted by atomic mass is 32.2. The minimum Gasteiger partial charge on any atom is -0.490 e. The molecule has 2 aliphatic rings. The minimum absolute atomic E-state index is 0.318. The number of hydrogen-bond donors (Lipinski definition) is 1. The summed E-state index contributed by atoms with van der Waals surface area (Å²) in [6, 6.07) is 5.83. The van der Waals surface area contributed by atoms with E-state index in [0.717, 1.165) is 35.7 Å². The Bertz CT molecular complexity index is 429. The average Bonchev–Trinajstić information content (AvgIpc) is 2.72. The molecule has 0 aliphatic carbocycles. The first kappa shape index (κ1) is 13.1. The van der Waals surface area contributed by atoms with E-state index in [9.17, 15) is 5.11 Å². The standard InChI is InChI=1S/C15H20O3S/c16-15(14-4-1-2-9-19-14)11-5-6-12-13(10-11)18-8-3-7-17-12/h5-6,10,14-16H,1-4,7-9H2. The van der Waals surface area contributed by atoms with Gasteiger partial charge in [0.15, 0.2) is 11.5 Å². The highest BCUT2D eigenvalue weighted by Crippen LogP contribution is 2.38. The Morgan fingerprint density at radius 2 is 1.95 bits per heavy atom. The SMILES string of the molecule is OC(c1ccc2c(c1)OCCCO2)C1CCCCS1. The van der Waals surface area contributed by atoms with Gasteiger partial charge in [0.25, 0.3) is 0 Å². The summed E-state index contributed by atoms with van der Waals surface area (Å²) in [6.45, 7) is 1.39. The van der Waals surface area contributed by atoms with Gasteiger partial charge in [-0.2, -0.15) is 11.8 Å². The molecule has 104 valence electrons. The van der Waals surface area contributed by atoms with E-state index in [4.69, 9.17) is 9.47 Å². The van der Waals surface area contributed by atoms with Crippen molar-refractivity contribution in [1.82, 2.24) is 0 Å². The number of rotatable bonds is 2. The van der Waals surface area contributed by atoms with Crippen molar-refractivity contribution in [2.24, 2.45) is 0 Å². The largest absolute Gasteiger partial charge is 0.490 e. The molecule has 4 heteroatoms. The molecule has 0 radical (unpaired) electrons. The van der Waals surface area contributed by atoms with Gasteiger partial charge in [-0.25, -0.2) is 0 Å². The van der Waals surface area contributed by atoms with Gasteiger partial charge in [0.05, 0.1) is 19.3 Å². The first-order chi connectivity index (χ1) is 9.34. The Kier molecular flexibility index (Phi) is 4.18. The highest BCUT2D eigenvalue weighted by Gasteiger charge is 2.24. The van der Waals surface area contributed by atoms with E-state index in [1.165, 1.54) is 12.8 Å². The molecule has 3 rings (SSSR count). The predicted molar refractivity (Wildman–Crippen MR) is 77.1 cm³/mol. The summed E-state index contributed by atoms with van der Waals surface area (Å²) in [7, 11) is 0. The molecule has 19 heavy (non-hydrogen) atoms. The molecule has 2 unspecified atom stereocenters. The Hall–Kier alpha value is -0.870. The Labute approximate surface area is 118 Å². The number of benzene rings is 1. The maximum Gasteiger partial charge on any atom is 0.161 e. The van der Waals surface area contributed by atoms with E-state index in [1.54, 1.807) is 0 Å². The van der Waals surface area contributed by atoms with Crippen LogP contribution in [-0.4, -0.2) is 29.3 Å². The van der Waals surface area contributed by atoms with Gasteiger partial charge in [-0.1, -0.05) is 12.5 Å². The van der Waals surface area contributed by atoms with Crippen molar-refractivity contribution < 1.29 is 14.6 Å². The number of ether oxygens (including phenoxy) is 2. The second-order valence-corrected chi connectivity index (χ2v) is 6.45. The quantitative estimate of drug-likeness (QED) is 0.903. The van der Waals surface area contributed by atoms with Crippen molar-refractivity contribution in [3.8, 4) is 11.5 Å². The monoisotopic (exact) mass is 280 g/mol. The van der Waals surface area contributed by atoms with Gasteiger partial charge < -0.3 is 14.6 Å². The lowest BCUT2D eigenvalue weighted by Crippen LogP contribution is -2.19. The second-order valence-electron chi connectivity index (χ2n) is 5.11. The van der Waals surface area contributed by atoms with Gasteiger partial charge in [-0.3, -0.25) is 0 Å². The second kappa shape index (κ2) is 6.06. The first-order valence-corrected chi connectivity index (χ1v) is 8.09. The summed E-state index contributed by atoms with van der Waals surface area (Å²) in [5.74, 6) is 2.73. The molecule has 3 nitrogen and oxygen atoms in total. The molecule has 0 amide bonds. The van der Waals surface area contributed by atoms with Crippen molar-refractivity contribution in [3.63, 3.8) is 0 Å². The third-order valence-corrected chi connectivity index (χ3v) is 5.13. The average molecular weight is 280 g/mol. The molecule has 0 saturated carbocycles. The Balaban J connectivity index is 1.78. The molecular formula is C15H20O3S. The van der Waals surface area contributed by atoms with Crippen LogP contribution in [-0.2, 0) is 0 Å². The fourth-order valence-electron chi connectivity index (χ4n) is 2.59. The van der Waals surface area contributed by atoms with E-state index in [-0.39, 0.29) is 0 Å². The molecule has 0 bridgehead atoms. The molecule has 1 saturated heterocycles. The number of fused-ring (bicyclic) bond motifs is 1. The number of hydrogen-bond acceptors (Lipinski definition) is 4. The Morgan fingerprint density at radius 3 is 2.74 bits per heavy atom. The summed E-state index contributed by atoms with van der Waals surface area (Å²) in [5.41, 5.74) is 0.948. The minimum atomic E-state index is -0.401. The number of thioether (sulfide) groups is 1. The van der Waals surface area contributed by atoms with Gasteiger partial charge in [0, 0.05) is 11.7 Å². The zero-order chi connectivity index (χ0) is 13.1. The molecule has 2 aliphatic heterocycles. The van der Waals surface area contributed by atoms with E-state index in [1.807, 2.05) is 30.0 Å². The van der Waals surface area contributed by atoms with Crippen LogP contribution >= 0.6 is 11.8 Å². The van der Waals surface area contributed by atoms with Gasteiger partial charge in [-0.05, 0) is 36.3 Å². The maximum atomic E-state index is 10.5. The van der Waals surface area contributed by atoms with Crippen molar-refractivity contribution in [2.75, 3.05) is 19.0 Å². The summed E-state index contributed by atoms with van der Waals surface area (Å²) >= 11 is 1.89. The summed E-state index contributed by atoms with van der Waals surface area (Å²) < 4.78 is 11.3. The van der Waals surface area contributed by atoms with Gasteiger partial charge in [0.1, 0.15) is 0 Å². The van der Waals surface area contributed by atoms with Crippen LogP contribution in [0.4, 0.5) is 0 Å². The van der Waals surface area contributed by atoms with Crippen molar-refractivity contribution >= 4 is 11.8 Å². The van der Waals surface area contributed by atoms with Crippen LogP contribution in [0.15, 0.2) is 18.2 Å². The van der Waals surface area contributed by atoms with Crippen LogP contribution < -0.4 is 9.47 Å². The molecule has 1 aromatic carbocycles. The lowest BCUT2D eigenvalue weighted by Gasteiger charge is -2.26. The zero-order valence-electron chi connectivity index (χ0n) is 11.0. The predicted octanol–water partition coefficient (Wildman–Crippen LogP) is 3.17. The van der Waals surface area contributed by atoms with Crippen LogP contribution in [0, 0.1) is 0 Å². The molecule has 1 fully saturated rings. The van der Waals surface area contributed by atoms with Crippen molar-refractivity contribution in [3.05, 3.63) is 23.8 Å². The van der Waals surface area contributed by atoms with Crippen molar-refractivity contribution in [1.29, 1.82) is 0 Å². The summed E-state index contributed by atoms with van der Waals surface area (Å²) in [4.78, 5) is 0. The number of aliphatic hydroxyl groups excluding tert-OH is 1. The molecule has 0 spiro atoms.